The van der Waals surface area contributed by atoms with E-state index in [1.165, 1.54) is 11.3 Å². The van der Waals surface area contributed by atoms with Crippen LogP contribution in [0.1, 0.15) is 16.8 Å². The monoisotopic (exact) mass is 530 g/mol. The fourth-order valence-electron chi connectivity index (χ4n) is 4.50. The van der Waals surface area contributed by atoms with Gasteiger partial charge >= 0.3 is 6.16 Å². The van der Waals surface area contributed by atoms with Gasteiger partial charge in [0, 0.05) is 18.2 Å². The molecule has 0 bridgehead atoms. The predicted octanol–water partition coefficient (Wildman–Crippen LogP) is 5.37. The number of carboxylic acid groups (broad SMARTS) is 1. The molecular formula is C27H22N4O6S. The molecule has 0 aliphatic carbocycles. The predicted molar refractivity (Wildman–Crippen MR) is 141 cm³/mol. The highest BCUT2D eigenvalue weighted by molar-refractivity contribution is 7.22. The summed E-state index contributed by atoms with van der Waals surface area (Å²) in [6, 6.07) is 9.13. The summed E-state index contributed by atoms with van der Waals surface area (Å²) in [7, 11) is 1.57. The molecule has 0 fully saturated rings. The van der Waals surface area contributed by atoms with Crippen molar-refractivity contribution in [2.75, 3.05) is 13.7 Å². The number of methoxy groups -OCH3 is 1. The minimum atomic E-state index is -1.39. The summed E-state index contributed by atoms with van der Waals surface area (Å²) in [5, 5.41) is 9.82. The van der Waals surface area contributed by atoms with E-state index in [-0.39, 0.29) is 18.5 Å². The molecule has 11 heteroatoms. The molecule has 38 heavy (non-hydrogen) atoms. The fourth-order valence-corrected chi connectivity index (χ4v) is 5.65. The first kappa shape index (κ1) is 23.9. The molecule has 5 aromatic rings. The topological polar surface area (TPSA) is 126 Å². The summed E-state index contributed by atoms with van der Waals surface area (Å²) in [5.41, 5.74) is 5.67. The molecule has 4 heterocycles. The van der Waals surface area contributed by atoms with E-state index in [1.807, 2.05) is 26.0 Å². The Morgan fingerprint density at radius 1 is 1.18 bits per heavy atom. The van der Waals surface area contributed by atoms with Gasteiger partial charge in [-0.25, -0.2) is 19.7 Å². The number of benzene rings is 2. The molecule has 1 aliphatic rings. The normalized spacial score (nSPS) is 14.6. The van der Waals surface area contributed by atoms with Gasteiger partial charge in [-0.1, -0.05) is 0 Å². The van der Waals surface area contributed by atoms with Gasteiger partial charge in [-0.3, -0.25) is 4.98 Å². The Labute approximate surface area is 220 Å². The van der Waals surface area contributed by atoms with Crippen LogP contribution in [0, 0.1) is 13.8 Å². The first-order valence-electron chi connectivity index (χ1n) is 11.8. The number of hydrogen-bond acceptors (Lipinski definition) is 10. The van der Waals surface area contributed by atoms with Crippen molar-refractivity contribution < 1.29 is 28.8 Å². The Kier molecular flexibility index (Phi) is 5.91. The molecule has 1 aliphatic heterocycles. The number of nitrogens with zero attached hydrogens (tertiary/aromatic N) is 4. The number of thiazole rings is 1. The van der Waals surface area contributed by atoms with Crippen molar-refractivity contribution in [2.24, 2.45) is 0 Å². The summed E-state index contributed by atoms with van der Waals surface area (Å²) < 4.78 is 23.5. The van der Waals surface area contributed by atoms with Crippen LogP contribution < -0.4 is 18.9 Å². The largest absolute Gasteiger partial charge is 0.511 e. The molecule has 1 unspecified atom stereocenters. The van der Waals surface area contributed by atoms with Gasteiger partial charge in [0.25, 0.3) is 0 Å². The summed E-state index contributed by atoms with van der Waals surface area (Å²) in [6.07, 6.45) is 1.75. The molecule has 3 aromatic heterocycles. The SMILES string of the molecule is COc1cnc2c(-c3nc4c(C)cc5c(c4s3)OCC(Cc3ncccc3OC(=O)O)O5)cc(C)cc2n1. The van der Waals surface area contributed by atoms with Gasteiger partial charge in [0.05, 0.1) is 35.6 Å². The number of hydrogen-bond donors (Lipinski definition) is 1. The van der Waals surface area contributed by atoms with Gasteiger partial charge < -0.3 is 24.1 Å². The van der Waals surface area contributed by atoms with Crippen molar-refractivity contribution in [1.29, 1.82) is 0 Å². The van der Waals surface area contributed by atoms with E-state index in [0.29, 0.717) is 29.5 Å². The zero-order valence-corrected chi connectivity index (χ0v) is 21.5. The quantitative estimate of drug-likeness (QED) is 0.297. The third-order valence-corrected chi connectivity index (χ3v) is 7.25. The van der Waals surface area contributed by atoms with E-state index < -0.39 is 6.16 Å². The highest BCUT2D eigenvalue weighted by atomic mass is 32.1. The molecule has 10 nitrogen and oxygen atoms in total. The van der Waals surface area contributed by atoms with Crippen LogP contribution in [0.15, 0.2) is 42.7 Å². The second kappa shape index (κ2) is 9.42. The molecule has 1 N–H and O–H groups in total. The van der Waals surface area contributed by atoms with Crippen LogP contribution in [0.2, 0.25) is 0 Å². The maximum Gasteiger partial charge on any atom is 0.511 e. The Morgan fingerprint density at radius 2 is 2.05 bits per heavy atom. The van der Waals surface area contributed by atoms with Gasteiger partial charge in [0.15, 0.2) is 17.2 Å². The van der Waals surface area contributed by atoms with Crippen molar-refractivity contribution in [1.82, 2.24) is 19.9 Å². The summed E-state index contributed by atoms with van der Waals surface area (Å²) in [5.74, 6) is 1.88. The number of fused-ring (bicyclic) bond motifs is 4. The number of aryl methyl sites for hydroxylation is 2. The summed E-state index contributed by atoms with van der Waals surface area (Å²) in [6.45, 7) is 4.26. The fraction of sp³-hybridized carbons (Fsp3) is 0.222. The van der Waals surface area contributed by atoms with Crippen LogP contribution in [-0.4, -0.2) is 51.0 Å². The van der Waals surface area contributed by atoms with Crippen molar-refractivity contribution >= 4 is 38.7 Å². The molecule has 1 atom stereocenters. The minimum Gasteiger partial charge on any atom is -0.484 e. The van der Waals surface area contributed by atoms with E-state index in [0.717, 1.165) is 42.9 Å². The van der Waals surface area contributed by atoms with Crippen molar-refractivity contribution in [3.8, 4) is 33.7 Å². The number of carbonyl (C=O) groups is 1. The summed E-state index contributed by atoms with van der Waals surface area (Å²) >= 11 is 1.51. The number of ether oxygens (including phenoxy) is 4. The van der Waals surface area contributed by atoms with Crippen molar-refractivity contribution in [3.63, 3.8) is 0 Å². The number of rotatable bonds is 5. The highest BCUT2D eigenvalue weighted by Crippen LogP contribution is 2.46. The van der Waals surface area contributed by atoms with Gasteiger partial charge in [-0.2, -0.15) is 0 Å². The average Bonchev–Trinajstić information content (AvgIpc) is 3.35. The average molecular weight is 531 g/mol. The smallest absolute Gasteiger partial charge is 0.484 e. The van der Waals surface area contributed by atoms with E-state index in [1.54, 1.807) is 31.6 Å². The lowest BCUT2D eigenvalue weighted by Crippen LogP contribution is -2.31. The van der Waals surface area contributed by atoms with Gasteiger partial charge in [-0.05, 0) is 55.3 Å². The van der Waals surface area contributed by atoms with Gasteiger partial charge in [0.2, 0.25) is 5.88 Å². The summed E-state index contributed by atoms with van der Waals surface area (Å²) in [4.78, 5) is 29.4. The van der Waals surface area contributed by atoms with E-state index in [9.17, 15) is 4.79 Å². The van der Waals surface area contributed by atoms with Crippen LogP contribution in [0.5, 0.6) is 23.1 Å². The van der Waals surface area contributed by atoms with Gasteiger partial charge in [-0.15, -0.1) is 11.3 Å². The number of aromatic nitrogens is 4. The molecule has 0 radical (unpaired) electrons. The molecule has 192 valence electrons. The second-order valence-electron chi connectivity index (χ2n) is 8.88. The van der Waals surface area contributed by atoms with Crippen LogP contribution in [-0.2, 0) is 6.42 Å². The zero-order chi connectivity index (χ0) is 26.4. The lowest BCUT2D eigenvalue weighted by Gasteiger charge is -2.27. The Hall–Kier alpha value is -4.51. The third-order valence-electron chi connectivity index (χ3n) is 6.16. The lowest BCUT2D eigenvalue weighted by molar-refractivity contribution is 0.0913. The van der Waals surface area contributed by atoms with Crippen LogP contribution in [0.4, 0.5) is 4.79 Å². The molecule has 0 saturated carbocycles. The molecule has 2 aromatic carbocycles. The lowest BCUT2D eigenvalue weighted by atomic mass is 10.1. The minimum absolute atomic E-state index is 0.180. The molecule has 0 saturated heterocycles. The second-order valence-corrected chi connectivity index (χ2v) is 9.88. The standard InChI is InChI=1S/C27H22N4O6S/c1-13-7-16(23-18(8-13)30-21(34-3)11-29-23)26-31-22-14(2)9-20-24(25(22)38-26)35-12-15(36-20)10-17-19(37-27(32)33)5-4-6-28-17/h4-9,11,15H,10,12H2,1-3H3,(H,32,33). The van der Waals surface area contributed by atoms with Crippen LogP contribution in [0.3, 0.4) is 0 Å². The third kappa shape index (κ3) is 4.30. The zero-order valence-electron chi connectivity index (χ0n) is 20.7. The van der Waals surface area contributed by atoms with E-state index in [4.69, 9.17) is 29.0 Å². The van der Waals surface area contributed by atoms with Crippen LogP contribution >= 0.6 is 11.3 Å². The Balaban J connectivity index is 1.36. The van der Waals surface area contributed by atoms with Crippen LogP contribution in [0.25, 0.3) is 31.8 Å². The van der Waals surface area contributed by atoms with E-state index >= 15 is 0 Å². The highest BCUT2D eigenvalue weighted by Gasteiger charge is 2.28. The Morgan fingerprint density at radius 3 is 2.87 bits per heavy atom. The molecular weight excluding hydrogens is 508 g/mol. The maximum absolute atomic E-state index is 11.0. The van der Waals surface area contributed by atoms with Gasteiger partial charge in [0.1, 0.15) is 22.4 Å². The maximum atomic E-state index is 11.0. The molecule has 0 spiro atoms. The van der Waals surface area contributed by atoms with E-state index in [2.05, 4.69) is 21.0 Å². The van der Waals surface area contributed by atoms with Crippen molar-refractivity contribution in [3.05, 3.63) is 59.5 Å². The first-order chi connectivity index (χ1) is 18.4. The first-order valence-corrected chi connectivity index (χ1v) is 12.6. The number of pyridine rings is 1. The molecule has 6 rings (SSSR count). The van der Waals surface area contributed by atoms with Crippen molar-refractivity contribution in [2.45, 2.75) is 26.4 Å². The Bertz CT molecular complexity index is 1720. The molecule has 0 amide bonds.